The monoisotopic (exact) mass is 1710 g/mol. The number of aromatic hydroxyl groups is 3. The Morgan fingerprint density at radius 1 is 0.451 bits per heavy atom. The quantitative estimate of drug-likeness (QED) is 0.0128. The van der Waals surface area contributed by atoms with Gasteiger partial charge in [0.15, 0.2) is 6.04 Å². The molecule has 0 aliphatic carbocycles. The molecule has 7 rings (SSSR count). The summed E-state index contributed by atoms with van der Waals surface area (Å²) in [4.78, 5) is 226. The molecular formula is C80H108N17O25+. The predicted octanol–water partition coefficient (Wildman–Crippen LogP) is -5.11. The fourth-order valence-corrected chi connectivity index (χ4v) is 14.0. The summed E-state index contributed by atoms with van der Waals surface area (Å²) in [6, 6.07) is 2.56. The number of aliphatic hydroxyl groups excluding tert-OH is 2. The Morgan fingerprint density at radius 3 is 1.29 bits per heavy atom. The molecule has 2 aliphatic heterocycles. The Kier molecular flexibility index (Phi) is 36.8. The lowest BCUT2D eigenvalue weighted by Gasteiger charge is -2.32. The van der Waals surface area contributed by atoms with Crippen molar-refractivity contribution in [1.82, 2.24) is 73.3 Å². The van der Waals surface area contributed by atoms with Crippen molar-refractivity contribution in [2.75, 3.05) is 32.8 Å². The number of aromatic nitrogens is 1. The van der Waals surface area contributed by atoms with Gasteiger partial charge in [-0.25, -0.2) is 4.79 Å². The van der Waals surface area contributed by atoms with Crippen LogP contribution in [0.5, 0.6) is 17.2 Å². The van der Waals surface area contributed by atoms with Gasteiger partial charge in [-0.05, 0) is 135 Å². The SMILES string of the molecule is CC(C)C[C@H](NC(=O)[C@H](CO)NC(=O)[C@H](CO)NC(=O)[C@H](CCC(=O)O)NC(=O)[C@H](Cc1ccc(O)cc1)NC(=O)[C@H](Cc1ccc(O)cc1)NC(=O)[C@H](CCCNC(N)N)NC(=O)[C@@H]([NH3+])Cc1c[nH]c2ccccc12)C(=O)N[C@@H](CCC(=O)O)C(=O)N1CCC[C@H]1C(=O)N[C@@H](Cc1ccc(O)cc1)C(=O)N1CCC[C@H]1C(=O)N[C@@H](CC(=O)O)C(=O)O. The Labute approximate surface area is 699 Å². The molecule has 12 amide bonds. The van der Waals surface area contributed by atoms with E-state index in [0.29, 0.717) is 11.1 Å². The molecule has 13 atom stereocenters. The first kappa shape index (κ1) is 96.2. The number of carbonyl (C=O) groups is 16. The van der Waals surface area contributed by atoms with Gasteiger partial charge in [-0.2, -0.15) is 0 Å². The number of H-pyrrole nitrogens is 1. The van der Waals surface area contributed by atoms with Crippen molar-refractivity contribution in [1.29, 1.82) is 0 Å². The number of hydrogen-bond donors (Lipinski definition) is 24. The number of rotatable bonds is 48. The largest absolute Gasteiger partial charge is 0.508 e. The third kappa shape index (κ3) is 29.5. The molecule has 42 nitrogen and oxygen atoms in total. The number of phenolic OH excluding ortho intramolecular Hbond substituents is 3. The number of phenols is 3. The summed E-state index contributed by atoms with van der Waals surface area (Å²) in [6.45, 7) is 0.703. The number of hydrogen-bond acceptors (Lipinski definition) is 24. The molecule has 662 valence electrons. The highest BCUT2D eigenvalue weighted by Crippen LogP contribution is 2.26. The Morgan fingerprint density at radius 2 is 0.836 bits per heavy atom. The molecule has 0 radical (unpaired) electrons. The van der Waals surface area contributed by atoms with Crippen LogP contribution >= 0.6 is 0 Å². The molecule has 1 aromatic heterocycles. The van der Waals surface area contributed by atoms with Gasteiger partial charge in [0.2, 0.25) is 65.0 Å². The van der Waals surface area contributed by atoms with Crippen LogP contribution in [0.3, 0.4) is 0 Å². The number of nitrogens with one attached hydrogen (secondary N) is 12. The number of quaternary nitrogens is 1. The van der Waals surface area contributed by atoms with E-state index >= 15 is 0 Å². The van der Waals surface area contributed by atoms with Crippen molar-refractivity contribution in [3.8, 4) is 17.2 Å². The second kappa shape index (κ2) is 46.6. The maximum Gasteiger partial charge on any atom is 0.326 e. The van der Waals surface area contributed by atoms with Crippen LogP contribution in [0.15, 0.2) is 103 Å². The van der Waals surface area contributed by atoms with Crippen LogP contribution in [-0.4, -0.2) is 273 Å². The van der Waals surface area contributed by atoms with Gasteiger partial charge in [0, 0.05) is 68.7 Å². The number of carbonyl (C=O) groups excluding carboxylic acids is 12. The van der Waals surface area contributed by atoms with E-state index in [1.54, 1.807) is 20.0 Å². The molecule has 5 aromatic rings. The van der Waals surface area contributed by atoms with Gasteiger partial charge < -0.3 is 131 Å². The smallest absolute Gasteiger partial charge is 0.326 e. The second-order valence-electron chi connectivity index (χ2n) is 30.3. The van der Waals surface area contributed by atoms with E-state index in [-0.39, 0.29) is 107 Å². The molecule has 42 heteroatoms. The molecular weight excluding hydrogens is 1600 g/mol. The molecule has 4 aromatic carbocycles. The van der Waals surface area contributed by atoms with Crippen LogP contribution < -0.4 is 75.7 Å². The highest BCUT2D eigenvalue weighted by atomic mass is 16.4. The van der Waals surface area contributed by atoms with E-state index < -0.39 is 237 Å². The average Bonchev–Trinajstić information content (AvgIpc) is 1.61. The highest BCUT2D eigenvalue weighted by molar-refractivity contribution is 6.01. The summed E-state index contributed by atoms with van der Waals surface area (Å²) in [5.74, 6) is -19.6. The number of aliphatic carboxylic acids is 4. The summed E-state index contributed by atoms with van der Waals surface area (Å²) in [5, 5.41) is 118. The number of carboxylic acids is 4. The molecule has 3 heterocycles. The van der Waals surface area contributed by atoms with Gasteiger partial charge in [-0.15, -0.1) is 0 Å². The van der Waals surface area contributed by atoms with Crippen molar-refractivity contribution in [2.24, 2.45) is 17.4 Å². The van der Waals surface area contributed by atoms with E-state index in [0.717, 1.165) is 26.3 Å². The summed E-state index contributed by atoms with van der Waals surface area (Å²) < 4.78 is 0. The van der Waals surface area contributed by atoms with Crippen LogP contribution in [0.25, 0.3) is 10.9 Å². The fraction of sp³-hybridized carbons (Fsp3) is 0.475. The van der Waals surface area contributed by atoms with Crippen molar-refractivity contribution in [3.05, 3.63) is 126 Å². The van der Waals surface area contributed by atoms with Crippen LogP contribution in [0.2, 0.25) is 0 Å². The lowest BCUT2D eigenvalue weighted by molar-refractivity contribution is -0.403. The standard InChI is InChI=1S/C80H107N17O25/c1-41(2)32-55(70(112)88-54(26-28-65(105)106)77(119)96-30-6-11-62(96)75(117)92-58(35-44-17-23-48(102)24-18-44)78(120)97-31-7-12-63(97)76(118)93-59(79(121)122)37-66(107)108)89-73(115)60(39-98)95-74(116)61(40-99)94-69(111)53(25-27-64(103)104)87-71(113)56(33-42-13-19-46(100)20-14-42)91-72(114)57(34-43-15-21-47(101)22-16-43)90-68(110)52(10-5-29-84-80(82)83)86-67(109)50(81)36-45-38-85-51-9-4-3-8-49(45)51/h3-4,8-9,13-24,38,41,50,52-63,80,84-85,98-102H,5-7,10-12,25-37,39-40,81-83H2,1-2H3,(H,86,109)(H,87,113)(H,88,112)(H,89,115)(H,90,110)(H,91,114)(H,92,117)(H,93,118)(H,94,111)(H,95,116)(H,103,104)(H,105,106)(H,107,108)(H,121,122)/p+1/t50-,52-,53-,54-,55-,56-,57-,58-,59-,60-,61-,62-,63-/m0/s1. The molecule has 2 saturated heterocycles. The molecule has 0 unspecified atom stereocenters. The number of aromatic amines is 1. The zero-order valence-corrected chi connectivity index (χ0v) is 67.1. The van der Waals surface area contributed by atoms with Gasteiger partial charge >= 0.3 is 23.9 Å². The molecule has 2 aliphatic rings. The first-order valence-electron chi connectivity index (χ1n) is 39.6. The van der Waals surface area contributed by atoms with Gasteiger partial charge in [0.25, 0.3) is 5.91 Å². The summed E-state index contributed by atoms with van der Waals surface area (Å²) >= 11 is 0. The minimum absolute atomic E-state index is 0.0166. The molecule has 0 spiro atoms. The number of nitrogens with two attached hydrogens (primary N) is 2. The Balaban J connectivity index is 1.06. The molecule has 122 heavy (non-hydrogen) atoms. The zero-order chi connectivity index (χ0) is 89.6. The first-order chi connectivity index (χ1) is 57.9. The topological polar surface area (TPSA) is 689 Å². The van der Waals surface area contributed by atoms with Gasteiger partial charge in [-0.3, -0.25) is 77.2 Å². The molecule has 28 N–H and O–H groups in total. The number of carboxylic acid groups (broad SMARTS) is 4. The fourth-order valence-electron chi connectivity index (χ4n) is 14.0. The van der Waals surface area contributed by atoms with Gasteiger partial charge in [0.05, 0.1) is 19.6 Å². The van der Waals surface area contributed by atoms with Gasteiger partial charge in [0.1, 0.15) is 96.0 Å². The summed E-state index contributed by atoms with van der Waals surface area (Å²) in [6.07, 6.45) is -3.66. The Hall–Kier alpha value is -12.9. The molecule has 0 saturated carbocycles. The zero-order valence-electron chi connectivity index (χ0n) is 67.1. The number of para-hydroxylation sites is 1. The van der Waals surface area contributed by atoms with E-state index in [1.165, 1.54) is 72.8 Å². The predicted molar refractivity (Wildman–Crippen MR) is 430 cm³/mol. The van der Waals surface area contributed by atoms with E-state index in [1.807, 2.05) is 24.3 Å². The number of fused-ring (bicyclic) bond motifs is 1. The maximum atomic E-state index is 14.9. The summed E-state index contributed by atoms with van der Waals surface area (Å²) in [7, 11) is 0. The summed E-state index contributed by atoms with van der Waals surface area (Å²) in [5.41, 5.74) is 18.1. The van der Waals surface area contributed by atoms with E-state index in [9.17, 15) is 123 Å². The van der Waals surface area contributed by atoms with Crippen molar-refractivity contribution in [2.45, 2.75) is 201 Å². The number of benzene rings is 4. The van der Waals surface area contributed by atoms with Crippen molar-refractivity contribution in [3.63, 3.8) is 0 Å². The second-order valence-corrected chi connectivity index (χ2v) is 30.3. The van der Waals surface area contributed by atoms with Crippen LogP contribution in [0.1, 0.15) is 113 Å². The van der Waals surface area contributed by atoms with Crippen LogP contribution in [-0.2, 0) is 102 Å². The normalized spacial score (nSPS) is 16.5. The third-order valence-electron chi connectivity index (χ3n) is 20.4. The van der Waals surface area contributed by atoms with E-state index in [4.69, 9.17) is 11.5 Å². The van der Waals surface area contributed by atoms with Crippen molar-refractivity contribution < 1.29 is 128 Å². The highest BCUT2D eigenvalue weighted by Gasteiger charge is 2.44. The maximum absolute atomic E-state index is 14.9. The lowest BCUT2D eigenvalue weighted by atomic mass is 10.0. The first-order valence-corrected chi connectivity index (χ1v) is 39.6. The van der Waals surface area contributed by atoms with Crippen LogP contribution in [0.4, 0.5) is 0 Å². The lowest BCUT2D eigenvalue weighted by Crippen LogP contribution is -2.70. The molecule has 0 bridgehead atoms. The number of amides is 12. The minimum Gasteiger partial charge on any atom is -0.508 e. The molecule has 2 fully saturated rings. The minimum atomic E-state index is -2.07. The third-order valence-corrected chi connectivity index (χ3v) is 20.4. The number of likely N-dealkylation sites (tertiary alicyclic amines) is 2. The van der Waals surface area contributed by atoms with Gasteiger partial charge in [-0.1, -0.05) is 68.4 Å². The average molecular weight is 1710 g/mol. The Bertz CT molecular complexity index is 4510. The number of nitrogens with zero attached hydrogens (tertiary/aromatic N) is 2. The van der Waals surface area contributed by atoms with Crippen molar-refractivity contribution >= 4 is 106 Å². The van der Waals surface area contributed by atoms with E-state index in [2.05, 4.69) is 69.2 Å². The van der Waals surface area contributed by atoms with Crippen LogP contribution in [0, 0.1) is 5.92 Å². The number of aliphatic hydroxyl groups is 2.